The Kier molecular flexibility index (Phi) is 6.72. The second-order valence-electron chi connectivity index (χ2n) is 5.42. The molecule has 0 radical (unpaired) electrons. The van der Waals surface area contributed by atoms with Crippen molar-refractivity contribution in [2.45, 2.75) is 13.2 Å². The predicted molar refractivity (Wildman–Crippen MR) is 90.3 cm³/mol. The maximum atomic E-state index is 12.1. The van der Waals surface area contributed by atoms with E-state index in [1.807, 2.05) is 0 Å². The van der Waals surface area contributed by atoms with Crippen molar-refractivity contribution >= 4 is 10.1 Å². The summed E-state index contributed by atoms with van der Waals surface area (Å²) in [5.74, 6) is 0.199. The van der Waals surface area contributed by atoms with Crippen LogP contribution < -0.4 is 8.92 Å². The van der Waals surface area contributed by atoms with Gasteiger partial charge in [0.25, 0.3) is 0 Å². The molecule has 0 spiro atoms. The Bertz CT molecular complexity index is 752. The standard InChI is InChI=1S/C17H19F2NO4S/c1-20(13-14-7-9-15(10-8-14)23-17(18)19)11-12-25(21,22)24-16-5-3-2-4-6-16/h2-10,17H,11-13H2,1H3. The summed E-state index contributed by atoms with van der Waals surface area (Å²) in [6.45, 7) is -2.12. The Morgan fingerprint density at radius 2 is 1.64 bits per heavy atom. The minimum Gasteiger partial charge on any atom is -0.435 e. The quantitative estimate of drug-likeness (QED) is 0.634. The zero-order chi connectivity index (χ0) is 18.3. The van der Waals surface area contributed by atoms with Gasteiger partial charge < -0.3 is 13.8 Å². The largest absolute Gasteiger partial charge is 0.435 e. The van der Waals surface area contributed by atoms with Crippen molar-refractivity contribution < 1.29 is 26.1 Å². The molecule has 2 rings (SSSR count). The van der Waals surface area contributed by atoms with Crippen molar-refractivity contribution in [3.05, 3.63) is 60.2 Å². The first-order valence-corrected chi connectivity index (χ1v) is 9.11. The van der Waals surface area contributed by atoms with E-state index in [1.165, 1.54) is 12.1 Å². The lowest BCUT2D eigenvalue weighted by atomic mass is 10.2. The van der Waals surface area contributed by atoms with Gasteiger partial charge in [0.2, 0.25) is 0 Å². The maximum absolute atomic E-state index is 12.1. The highest BCUT2D eigenvalue weighted by atomic mass is 32.2. The average Bonchev–Trinajstić information content (AvgIpc) is 2.55. The molecule has 2 aromatic rings. The lowest BCUT2D eigenvalue weighted by Crippen LogP contribution is -2.27. The molecule has 0 bridgehead atoms. The summed E-state index contributed by atoms with van der Waals surface area (Å²) in [5, 5.41) is 0. The molecular weight excluding hydrogens is 352 g/mol. The molecule has 2 aromatic carbocycles. The summed E-state index contributed by atoms with van der Waals surface area (Å²) in [7, 11) is -1.92. The third kappa shape index (κ3) is 7.06. The molecule has 5 nitrogen and oxygen atoms in total. The lowest BCUT2D eigenvalue weighted by molar-refractivity contribution is -0.0498. The van der Waals surface area contributed by atoms with Gasteiger partial charge >= 0.3 is 16.7 Å². The number of halogens is 2. The zero-order valence-corrected chi connectivity index (χ0v) is 14.5. The van der Waals surface area contributed by atoms with Crippen molar-refractivity contribution in [3.8, 4) is 11.5 Å². The molecule has 0 aliphatic rings. The van der Waals surface area contributed by atoms with Crippen molar-refractivity contribution in [1.29, 1.82) is 0 Å². The first-order chi connectivity index (χ1) is 11.8. The molecule has 0 unspecified atom stereocenters. The minimum atomic E-state index is -3.69. The molecule has 0 fully saturated rings. The van der Waals surface area contributed by atoms with Crippen molar-refractivity contribution in [3.63, 3.8) is 0 Å². The number of nitrogens with zero attached hydrogens (tertiary/aromatic N) is 1. The topological polar surface area (TPSA) is 55.8 Å². The van der Waals surface area contributed by atoms with E-state index in [9.17, 15) is 17.2 Å². The molecule has 0 amide bonds. The number of benzene rings is 2. The highest BCUT2D eigenvalue weighted by Gasteiger charge is 2.14. The monoisotopic (exact) mass is 371 g/mol. The molecule has 0 saturated heterocycles. The van der Waals surface area contributed by atoms with Crippen LogP contribution in [0, 0.1) is 0 Å². The summed E-state index contributed by atoms with van der Waals surface area (Å²) in [5.41, 5.74) is 0.852. The Labute approximate surface area is 145 Å². The van der Waals surface area contributed by atoms with Gasteiger partial charge in [-0.1, -0.05) is 30.3 Å². The minimum absolute atomic E-state index is 0.0836. The van der Waals surface area contributed by atoms with E-state index >= 15 is 0 Å². The van der Waals surface area contributed by atoms with E-state index in [1.54, 1.807) is 54.4 Å². The second kappa shape index (κ2) is 8.77. The molecule has 0 N–H and O–H groups in total. The van der Waals surface area contributed by atoms with Crippen LogP contribution in [0.15, 0.2) is 54.6 Å². The van der Waals surface area contributed by atoms with E-state index in [-0.39, 0.29) is 23.8 Å². The van der Waals surface area contributed by atoms with Gasteiger partial charge in [-0.2, -0.15) is 17.2 Å². The Morgan fingerprint density at radius 1 is 1.00 bits per heavy atom. The lowest BCUT2D eigenvalue weighted by Gasteiger charge is -2.17. The molecule has 0 saturated carbocycles. The predicted octanol–water partition coefficient (Wildman–Crippen LogP) is 3.13. The Morgan fingerprint density at radius 3 is 2.24 bits per heavy atom. The van der Waals surface area contributed by atoms with Crippen LogP contribution in [0.2, 0.25) is 0 Å². The Balaban J connectivity index is 1.82. The highest BCUT2D eigenvalue weighted by Crippen LogP contribution is 2.16. The van der Waals surface area contributed by atoms with Crippen molar-refractivity contribution in [1.82, 2.24) is 4.90 Å². The van der Waals surface area contributed by atoms with Gasteiger partial charge in [-0.3, -0.25) is 0 Å². The number of alkyl halides is 2. The summed E-state index contributed by atoms with van der Waals surface area (Å²) in [6.07, 6.45) is 0. The van der Waals surface area contributed by atoms with Crippen LogP contribution in [0.1, 0.15) is 5.56 Å². The molecule has 136 valence electrons. The van der Waals surface area contributed by atoms with Gasteiger partial charge in [-0.25, -0.2) is 0 Å². The normalized spacial score (nSPS) is 11.7. The van der Waals surface area contributed by atoms with Crippen LogP contribution in [0.5, 0.6) is 11.5 Å². The third-order valence-electron chi connectivity index (χ3n) is 3.29. The molecule has 0 aliphatic carbocycles. The number of rotatable bonds is 9. The summed E-state index contributed by atoms with van der Waals surface area (Å²) in [4.78, 5) is 1.80. The third-order valence-corrected chi connectivity index (χ3v) is 4.42. The molecule has 0 atom stereocenters. The number of para-hydroxylation sites is 1. The highest BCUT2D eigenvalue weighted by molar-refractivity contribution is 7.87. The average molecular weight is 371 g/mol. The van der Waals surface area contributed by atoms with Gasteiger partial charge in [-0.15, -0.1) is 0 Å². The van der Waals surface area contributed by atoms with Gasteiger partial charge in [0, 0.05) is 13.1 Å². The Hall–Kier alpha value is -2.19. The van der Waals surface area contributed by atoms with Crippen molar-refractivity contribution in [2.24, 2.45) is 0 Å². The first kappa shape index (κ1) is 19.1. The zero-order valence-electron chi connectivity index (χ0n) is 13.6. The molecule has 0 aliphatic heterocycles. The summed E-state index contributed by atoms with van der Waals surface area (Å²) >= 11 is 0. The van der Waals surface area contributed by atoms with E-state index in [0.29, 0.717) is 6.54 Å². The smallest absolute Gasteiger partial charge is 0.387 e. The molecule has 8 heteroatoms. The van der Waals surface area contributed by atoms with E-state index in [0.717, 1.165) is 5.56 Å². The summed E-state index contributed by atoms with van der Waals surface area (Å²) < 4.78 is 57.4. The molecular formula is C17H19F2NO4S. The van der Waals surface area contributed by atoms with Crippen LogP contribution in [-0.4, -0.2) is 39.3 Å². The van der Waals surface area contributed by atoms with Crippen LogP contribution in [-0.2, 0) is 16.7 Å². The number of hydrogen-bond acceptors (Lipinski definition) is 5. The van der Waals surface area contributed by atoms with E-state index in [2.05, 4.69) is 4.74 Å². The fourth-order valence-electron chi connectivity index (χ4n) is 2.10. The van der Waals surface area contributed by atoms with Crippen molar-refractivity contribution in [2.75, 3.05) is 19.3 Å². The van der Waals surface area contributed by atoms with Gasteiger partial charge in [0.1, 0.15) is 11.5 Å². The van der Waals surface area contributed by atoms with Crippen LogP contribution in [0.25, 0.3) is 0 Å². The second-order valence-corrected chi connectivity index (χ2v) is 7.11. The fourth-order valence-corrected chi connectivity index (χ4v) is 3.12. The number of ether oxygens (including phenoxy) is 1. The molecule has 0 heterocycles. The SMILES string of the molecule is CN(CCS(=O)(=O)Oc1ccccc1)Cc1ccc(OC(F)F)cc1. The van der Waals surface area contributed by atoms with E-state index in [4.69, 9.17) is 4.18 Å². The summed E-state index contributed by atoms with van der Waals surface area (Å²) in [6, 6.07) is 14.5. The molecule has 25 heavy (non-hydrogen) atoms. The van der Waals surface area contributed by atoms with Gasteiger partial charge in [0.05, 0.1) is 5.75 Å². The number of hydrogen-bond donors (Lipinski definition) is 0. The van der Waals surface area contributed by atoms with Crippen LogP contribution in [0.4, 0.5) is 8.78 Å². The maximum Gasteiger partial charge on any atom is 0.387 e. The van der Waals surface area contributed by atoms with E-state index < -0.39 is 16.7 Å². The fraction of sp³-hybridized carbons (Fsp3) is 0.294. The van der Waals surface area contributed by atoms with Crippen LogP contribution >= 0.6 is 0 Å². The first-order valence-electron chi connectivity index (χ1n) is 7.53. The van der Waals surface area contributed by atoms with Gasteiger partial charge in [0.15, 0.2) is 0 Å². The van der Waals surface area contributed by atoms with Crippen LogP contribution in [0.3, 0.4) is 0 Å². The van der Waals surface area contributed by atoms with Gasteiger partial charge in [-0.05, 0) is 36.9 Å². The molecule has 0 aromatic heterocycles.